The number of ether oxygens (including phenoxy) is 1. The van der Waals surface area contributed by atoms with Crippen LogP contribution in [-0.2, 0) is 4.74 Å². The van der Waals surface area contributed by atoms with Crippen molar-refractivity contribution in [1.82, 2.24) is 9.88 Å². The lowest BCUT2D eigenvalue weighted by Gasteiger charge is -2.55. The van der Waals surface area contributed by atoms with Crippen LogP contribution in [0.2, 0.25) is 0 Å². The van der Waals surface area contributed by atoms with E-state index in [9.17, 15) is 4.79 Å². The maximum absolute atomic E-state index is 12.4. The van der Waals surface area contributed by atoms with Gasteiger partial charge in [0.2, 0.25) is 0 Å². The number of carbonyl (C=O) groups excluding carboxylic acids is 1. The minimum absolute atomic E-state index is 0.156. The number of hydrogen-bond acceptors (Lipinski definition) is 6. The van der Waals surface area contributed by atoms with Crippen molar-refractivity contribution in [3.63, 3.8) is 0 Å². The summed E-state index contributed by atoms with van der Waals surface area (Å²) < 4.78 is 12.4. The van der Waals surface area contributed by atoms with Gasteiger partial charge in [-0.25, -0.2) is 4.79 Å². The van der Waals surface area contributed by atoms with Crippen molar-refractivity contribution in [2.45, 2.75) is 49.8 Å². The Labute approximate surface area is 165 Å². The van der Waals surface area contributed by atoms with E-state index >= 15 is 0 Å². The van der Waals surface area contributed by atoms with Crippen LogP contribution in [-0.4, -0.2) is 53.0 Å². The Balaban J connectivity index is 1.51. The molecule has 0 spiro atoms. The Bertz CT molecular complexity index is 851. The zero-order valence-corrected chi connectivity index (χ0v) is 17.7. The quantitative estimate of drug-likeness (QED) is 0.641. The molecule has 0 saturated carbocycles. The fourth-order valence-electron chi connectivity index (χ4n) is 3.59. The topological polar surface area (TPSA) is 58.8 Å². The van der Waals surface area contributed by atoms with Crippen molar-refractivity contribution < 1.29 is 13.9 Å². The summed E-state index contributed by atoms with van der Waals surface area (Å²) >= 11 is 5.24. The zero-order valence-electron chi connectivity index (χ0n) is 15.3. The van der Waals surface area contributed by atoms with E-state index in [0.717, 1.165) is 40.0 Å². The first-order chi connectivity index (χ1) is 12.2. The Morgan fingerprint density at radius 2 is 2.04 bits per heavy atom. The first-order valence-electron chi connectivity index (χ1n) is 8.65. The molecule has 3 aliphatic rings. The number of fused-ring (bicyclic) bond motifs is 3. The number of carbonyl (C=O) groups is 1. The molecule has 2 aromatic rings. The van der Waals surface area contributed by atoms with E-state index in [1.807, 2.05) is 44.1 Å². The van der Waals surface area contributed by atoms with Gasteiger partial charge in [0, 0.05) is 18.0 Å². The molecule has 1 aromatic heterocycles. The van der Waals surface area contributed by atoms with E-state index in [4.69, 9.17) is 9.15 Å². The summed E-state index contributed by atoms with van der Waals surface area (Å²) in [7, 11) is 0. The van der Waals surface area contributed by atoms with Crippen molar-refractivity contribution in [2.24, 2.45) is 0 Å². The Morgan fingerprint density at radius 3 is 2.65 bits per heavy atom. The van der Waals surface area contributed by atoms with Crippen LogP contribution in [0.5, 0.6) is 0 Å². The number of thioether (sulfide) groups is 1. The minimum Gasteiger partial charge on any atom is -0.444 e. The van der Waals surface area contributed by atoms with Gasteiger partial charge in [0.05, 0.1) is 16.6 Å². The molecule has 3 saturated heterocycles. The molecule has 2 bridgehead atoms. The first-order valence-corrected chi connectivity index (χ1v) is 10.7. The van der Waals surface area contributed by atoms with E-state index < -0.39 is 5.60 Å². The van der Waals surface area contributed by atoms with Gasteiger partial charge in [0.25, 0.3) is 6.01 Å². The van der Waals surface area contributed by atoms with Crippen LogP contribution in [0.1, 0.15) is 27.2 Å². The van der Waals surface area contributed by atoms with Gasteiger partial charge in [-0.05, 0) is 61.5 Å². The third-order valence-electron chi connectivity index (χ3n) is 4.71. The molecule has 5 rings (SSSR count). The number of piperazine rings is 1. The van der Waals surface area contributed by atoms with Crippen LogP contribution in [0.15, 0.2) is 25.9 Å². The van der Waals surface area contributed by atoms with Gasteiger partial charge in [-0.15, -0.1) is 11.8 Å². The molecule has 2 unspecified atom stereocenters. The molecule has 6 nitrogen and oxygen atoms in total. The number of amides is 1. The smallest absolute Gasteiger partial charge is 0.410 e. The summed E-state index contributed by atoms with van der Waals surface area (Å²) in [5.41, 5.74) is 1.14. The number of oxazole rings is 1. The maximum atomic E-state index is 12.4. The van der Waals surface area contributed by atoms with Crippen molar-refractivity contribution >= 4 is 50.9 Å². The molecule has 140 valence electrons. The van der Waals surface area contributed by atoms with Gasteiger partial charge < -0.3 is 14.1 Å². The van der Waals surface area contributed by atoms with Gasteiger partial charge in [-0.3, -0.25) is 4.90 Å². The lowest BCUT2D eigenvalue weighted by molar-refractivity contribution is -0.0386. The molecule has 3 aliphatic heterocycles. The lowest BCUT2D eigenvalue weighted by atomic mass is 9.88. The van der Waals surface area contributed by atoms with Crippen LogP contribution in [0.3, 0.4) is 0 Å². The highest BCUT2D eigenvalue weighted by molar-refractivity contribution is 9.10. The predicted octanol–water partition coefficient (Wildman–Crippen LogP) is 4.51. The van der Waals surface area contributed by atoms with Crippen molar-refractivity contribution in [2.75, 3.05) is 24.2 Å². The van der Waals surface area contributed by atoms with Crippen LogP contribution in [0.25, 0.3) is 11.1 Å². The number of halogens is 1. The number of aromatic nitrogens is 1. The number of nitrogens with zero attached hydrogens (tertiary/aromatic N) is 3. The van der Waals surface area contributed by atoms with Crippen LogP contribution < -0.4 is 4.90 Å². The third-order valence-corrected chi connectivity index (χ3v) is 6.01. The molecule has 0 N–H and O–H groups in total. The highest BCUT2D eigenvalue weighted by atomic mass is 79.9. The van der Waals surface area contributed by atoms with Gasteiger partial charge in [-0.2, -0.15) is 4.98 Å². The molecular formula is C18H22BrN3O3S. The SMILES string of the molecule is CSc1cc(Br)c2oc(N3CC4CC(C3)N4C(=O)OC(C)(C)C)nc2c1. The Morgan fingerprint density at radius 1 is 1.35 bits per heavy atom. The van der Waals surface area contributed by atoms with E-state index in [0.29, 0.717) is 6.01 Å². The fraction of sp³-hybridized carbons (Fsp3) is 0.556. The second-order valence-corrected chi connectivity index (χ2v) is 9.52. The molecule has 0 aliphatic carbocycles. The minimum atomic E-state index is -0.470. The monoisotopic (exact) mass is 439 g/mol. The average Bonchev–Trinajstić information content (AvgIpc) is 2.97. The van der Waals surface area contributed by atoms with E-state index in [-0.39, 0.29) is 18.2 Å². The Kier molecular flexibility index (Phi) is 4.38. The molecule has 1 amide bonds. The van der Waals surface area contributed by atoms with Crippen LogP contribution in [0.4, 0.5) is 10.8 Å². The van der Waals surface area contributed by atoms with Gasteiger partial charge in [0.15, 0.2) is 5.58 Å². The highest BCUT2D eigenvalue weighted by Crippen LogP contribution is 2.38. The molecule has 26 heavy (non-hydrogen) atoms. The normalized spacial score (nSPS) is 22.5. The molecule has 8 heteroatoms. The van der Waals surface area contributed by atoms with Gasteiger partial charge >= 0.3 is 6.09 Å². The number of anilines is 1. The Hall–Kier alpha value is -1.41. The van der Waals surface area contributed by atoms with Crippen LogP contribution in [0, 0.1) is 0 Å². The molecule has 1 aromatic carbocycles. The van der Waals surface area contributed by atoms with Gasteiger partial charge in [0.1, 0.15) is 11.1 Å². The molecule has 2 atom stereocenters. The zero-order chi connectivity index (χ0) is 18.6. The number of hydrogen-bond donors (Lipinski definition) is 0. The summed E-state index contributed by atoms with van der Waals surface area (Å²) in [6.07, 6.45) is 2.83. The van der Waals surface area contributed by atoms with E-state index in [2.05, 4.69) is 25.8 Å². The fourth-order valence-corrected chi connectivity index (χ4v) is 4.74. The predicted molar refractivity (Wildman–Crippen MR) is 106 cm³/mol. The van der Waals surface area contributed by atoms with Crippen molar-refractivity contribution in [1.29, 1.82) is 0 Å². The van der Waals surface area contributed by atoms with Crippen LogP contribution >= 0.6 is 27.7 Å². The molecule has 4 heterocycles. The largest absolute Gasteiger partial charge is 0.444 e. The summed E-state index contributed by atoms with van der Waals surface area (Å²) in [4.78, 5) is 22.2. The maximum Gasteiger partial charge on any atom is 0.410 e. The second-order valence-electron chi connectivity index (χ2n) is 7.79. The highest BCUT2D eigenvalue weighted by Gasteiger charge is 2.49. The van der Waals surface area contributed by atoms with Gasteiger partial charge in [-0.1, -0.05) is 0 Å². The molecule has 3 fully saturated rings. The summed E-state index contributed by atoms with van der Waals surface area (Å²) in [6.45, 7) is 7.12. The second kappa shape index (κ2) is 6.34. The van der Waals surface area contributed by atoms with Crippen molar-refractivity contribution in [3.8, 4) is 0 Å². The first kappa shape index (κ1) is 18.0. The number of benzene rings is 1. The third kappa shape index (κ3) is 3.17. The average molecular weight is 440 g/mol. The number of piperidine rings is 1. The molecular weight excluding hydrogens is 418 g/mol. The summed E-state index contributed by atoms with van der Waals surface area (Å²) in [6, 6.07) is 5.01. The van der Waals surface area contributed by atoms with E-state index in [1.54, 1.807) is 11.8 Å². The number of rotatable bonds is 2. The summed E-state index contributed by atoms with van der Waals surface area (Å²) in [5.74, 6) is 0. The molecule has 0 radical (unpaired) electrons. The lowest BCUT2D eigenvalue weighted by Crippen LogP contribution is -2.70. The standard InChI is InChI=1S/C18H22BrN3O3S/c1-18(2,3)25-17(23)22-10-5-11(22)9-21(8-10)16-20-14-7-12(26-4)6-13(19)15(14)24-16/h6-7,10-11H,5,8-9H2,1-4H3. The summed E-state index contributed by atoms with van der Waals surface area (Å²) in [5, 5.41) is 0. The van der Waals surface area contributed by atoms with Crippen molar-refractivity contribution in [3.05, 3.63) is 16.6 Å². The van der Waals surface area contributed by atoms with E-state index in [1.165, 1.54) is 0 Å².